The van der Waals surface area contributed by atoms with Gasteiger partial charge >= 0.3 is 0 Å². The smallest absolute Gasteiger partial charge is 0.189 e. The van der Waals surface area contributed by atoms with Crippen molar-refractivity contribution in [2.75, 3.05) is 0 Å². The van der Waals surface area contributed by atoms with E-state index in [0.29, 0.717) is 18.5 Å². The number of nitrogens with zero attached hydrogens (tertiary/aromatic N) is 1. The quantitative estimate of drug-likeness (QED) is 0.481. The zero-order valence-electron chi connectivity index (χ0n) is 10.8. The lowest BCUT2D eigenvalue weighted by atomic mass is 9.96. The Kier molecular flexibility index (Phi) is 6.99. The highest BCUT2D eigenvalue weighted by atomic mass is 127. The first-order valence-corrected chi connectivity index (χ1v) is 7.23. The minimum absolute atomic E-state index is 0. The number of guanidine groups is 1. The van der Waals surface area contributed by atoms with Crippen molar-refractivity contribution in [1.82, 2.24) is 5.32 Å². The molecule has 1 aromatic heterocycles. The SMILES string of the molecule is Cc1ccsc1CN=C(N)NC1CCCCC1.I. The molecule has 0 spiro atoms. The summed E-state index contributed by atoms with van der Waals surface area (Å²) >= 11 is 1.75. The first-order valence-electron chi connectivity index (χ1n) is 6.35. The molecule has 0 radical (unpaired) electrons. The van der Waals surface area contributed by atoms with Crippen molar-refractivity contribution < 1.29 is 0 Å². The van der Waals surface area contributed by atoms with Crippen LogP contribution in [-0.4, -0.2) is 12.0 Å². The number of nitrogens with one attached hydrogen (secondary N) is 1. The summed E-state index contributed by atoms with van der Waals surface area (Å²) in [5, 5.41) is 5.44. The van der Waals surface area contributed by atoms with E-state index in [-0.39, 0.29) is 24.0 Å². The molecule has 1 fully saturated rings. The van der Waals surface area contributed by atoms with Gasteiger partial charge in [0, 0.05) is 10.9 Å². The van der Waals surface area contributed by atoms with Gasteiger partial charge in [0.05, 0.1) is 6.54 Å². The number of halogens is 1. The van der Waals surface area contributed by atoms with Crippen molar-refractivity contribution in [3.05, 3.63) is 21.9 Å². The van der Waals surface area contributed by atoms with Crippen LogP contribution in [0.4, 0.5) is 0 Å². The fourth-order valence-electron chi connectivity index (χ4n) is 2.22. The number of rotatable bonds is 3. The molecule has 3 N–H and O–H groups in total. The van der Waals surface area contributed by atoms with Gasteiger partial charge in [-0.3, -0.25) is 0 Å². The predicted octanol–water partition coefficient (Wildman–Crippen LogP) is 3.41. The molecule has 1 saturated carbocycles. The maximum Gasteiger partial charge on any atom is 0.189 e. The maximum atomic E-state index is 5.91. The third-order valence-corrected chi connectivity index (χ3v) is 4.33. The summed E-state index contributed by atoms with van der Waals surface area (Å²) in [6.07, 6.45) is 6.45. The lowest BCUT2D eigenvalue weighted by Gasteiger charge is -2.23. The van der Waals surface area contributed by atoms with Crippen LogP contribution in [-0.2, 0) is 6.54 Å². The molecular weight excluding hydrogens is 357 g/mol. The van der Waals surface area contributed by atoms with Crippen LogP contribution < -0.4 is 11.1 Å². The highest BCUT2D eigenvalue weighted by Gasteiger charge is 2.13. The molecule has 0 aliphatic heterocycles. The molecule has 1 aliphatic carbocycles. The Bertz CT molecular complexity index is 383. The van der Waals surface area contributed by atoms with E-state index in [1.807, 2.05) is 0 Å². The second-order valence-electron chi connectivity index (χ2n) is 4.71. The van der Waals surface area contributed by atoms with Crippen LogP contribution in [0.1, 0.15) is 42.5 Å². The zero-order valence-corrected chi connectivity index (χ0v) is 14.0. The summed E-state index contributed by atoms with van der Waals surface area (Å²) in [6, 6.07) is 2.66. The number of aryl methyl sites for hydroxylation is 1. The molecule has 1 heterocycles. The monoisotopic (exact) mass is 379 g/mol. The third kappa shape index (κ3) is 4.76. The van der Waals surface area contributed by atoms with E-state index in [2.05, 4.69) is 28.7 Å². The highest BCUT2D eigenvalue weighted by molar-refractivity contribution is 14.0. The number of hydrogen-bond donors (Lipinski definition) is 2. The summed E-state index contributed by atoms with van der Waals surface area (Å²) in [6.45, 7) is 2.82. The standard InChI is InChI=1S/C13H21N3S.HI/c1-10-7-8-17-12(10)9-15-13(14)16-11-5-3-2-4-6-11;/h7-8,11H,2-6,9H2,1H3,(H3,14,15,16);1H. The van der Waals surface area contributed by atoms with Gasteiger partial charge in [0.1, 0.15) is 0 Å². The fourth-order valence-corrected chi connectivity index (χ4v) is 3.05. The predicted molar refractivity (Wildman–Crippen MR) is 89.8 cm³/mol. The van der Waals surface area contributed by atoms with Gasteiger partial charge in [0.2, 0.25) is 0 Å². The second kappa shape index (κ2) is 7.99. The summed E-state index contributed by atoms with van der Waals surface area (Å²) in [5.74, 6) is 0.602. The van der Waals surface area contributed by atoms with Crippen LogP contribution in [0.5, 0.6) is 0 Å². The average molecular weight is 379 g/mol. The van der Waals surface area contributed by atoms with Crippen LogP contribution in [0.2, 0.25) is 0 Å². The largest absolute Gasteiger partial charge is 0.370 e. The molecule has 1 aromatic rings. The lowest BCUT2D eigenvalue weighted by molar-refractivity contribution is 0.412. The zero-order chi connectivity index (χ0) is 12.1. The van der Waals surface area contributed by atoms with Crippen LogP contribution in [0.25, 0.3) is 0 Å². The molecule has 0 aromatic carbocycles. The Morgan fingerprint density at radius 1 is 1.44 bits per heavy atom. The van der Waals surface area contributed by atoms with Crippen molar-refractivity contribution in [3.8, 4) is 0 Å². The van der Waals surface area contributed by atoms with Crippen molar-refractivity contribution in [2.45, 2.75) is 51.6 Å². The van der Waals surface area contributed by atoms with Gasteiger partial charge in [-0.1, -0.05) is 19.3 Å². The average Bonchev–Trinajstić information content (AvgIpc) is 2.74. The Morgan fingerprint density at radius 2 is 2.17 bits per heavy atom. The molecule has 0 bridgehead atoms. The van der Waals surface area contributed by atoms with E-state index >= 15 is 0 Å². The van der Waals surface area contributed by atoms with E-state index < -0.39 is 0 Å². The Hall–Kier alpha value is -0.300. The molecule has 3 nitrogen and oxygen atoms in total. The van der Waals surface area contributed by atoms with E-state index in [1.165, 1.54) is 42.5 Å². The van der Waals surface area contributed by atoms with Gasteiger partial charge in [-0.2, -0.15) is 0 Å². The van der Waals surface area contributed by atoms with E-state index in [0.717, 1.165) is 0 Å². The maximum absolute atomic E-state index is 5.91. The van der Waals surface area contributed by atoms with E-state index in [9.17, 15) is 0 Å². The molecule has 0 unspecified atom stereocenters. The number of hydrogen-bond acceptors (Lipinski definition) is 2. The molecule has 0 atom stereocenters. The molecule has 1 aliphatic rings. The van der Waals surface area contributed by atoms with Crippen LogP contribution >= 0.6 is 35.3 Å². The van der Waals surface area contributed by atoms with E-state index in [4.69, 9.17) is 5.73 Å². The van der Waals surface area contributed by atoms with Crippen LogP contribution in [0, 0.1) is 6.92 Å². The molecule has 18 heavy (non-hydrogen) atoms. The van der Waals surface area contributed by atoms with Gasteiger partial charge in [-0.15, -0.1) is 35.3 Å². The first-order chi connectivity index (χ1) is 8.25. The summed E-state index contributed by atoms with van der Waals surface area (Å²) in [7, 11) is 0. The Morgan fingerprint density at radius 3 is 2.78 bits per heavy atom. The molecule has 0 amide bonds. The van der Waals surface area contributed by atoms with Crippen molar-refractivity contribution in [1.29, 1.82) is 0 Å². The highest BCUT2D eigenvalue weighted by Crippen LogP contribution is 2.18. The number of aliphatic imine (C=N–C) groups is 1. The summed E-state index contributed by atoms with van der Waals surface area (Å²) < 4.78 is 0. The topological polar surface area (TPSA) is 50.4 Å². The minimum Gasteiger partial charge on any atom is -0.370 e. The van der Waals surface area contributed by atoms with Crippen LogP contribution in [0.3, 0.4) is 0 Å². The Balaban J connectivity index is 0.00000162. The van der Waals surface area contributed by atoms with Gasteiger partial charge in [-0.05, 0) is 36.8 Å². The van der Waals surface area contributed by atoms with Crippen LogP contribution in [0.15, 0.2) is 16.4 Å². The summed E-state index contributed by atoms with van der Waals surface area (Å²) in [5.41, 5.74) is 7.22. The van der Waals surface area contributed by atoms with Gasteiger partial charge in [-0.25, -0.2) is 4.99 Å². The molecule has 2 rings (SSSR count). The van der Waals surface area contributed by atoms with Crippen molar-refractivity contribution in [3.63, 3.8) is 0 Å². The van der Waals surface area contributed by atoms with Gasteiger partial charge < -0.3 is 11.1 Å². The van der Waals surface area contributed by atoms with Crippen molar-refractivity contribution in [2.24, 2.45) is 10.7 Å². The molecule has 0 saturated heterocycles. The van der Waals surface area contributed by atoms with Crippen molar-refractivity contribution >= 4 is 41.3 Å². The normalized spacial score (nSPS) is 17.3. The molecule has 102 valence electrons. The number of nitrogens with two attached hydrogens (primary N) is 1. The van der Waals surface area contributed by atoms with Gasteiger partial charge in [0.25, 0.3) is 0 Å². The number of thiophene rings is 1. The lowest BCUT2D eigenvalue weighted by Crippen LogP contribution is -2.41. The summed E-state index contributed by atoms with van der Waals surface area (Å²) in [4.78, 5) is 5.72. The minimum atomic E-state index is 0. The third-order valence-electron chi connectivity index (χ3n) is 3.32. The first kappa shape index (κ1) is 15.8. The Labute approximate surface area is 130 Å². The van der Waals surface area contributed by atoms with Gasteiger partial charge in [0.15, 0.2) is 5.96 Å². The van der Waals surface area contributed by atoms with E-state index in [1.54, 1.807) is 11.3 Å². The fraction of sp³-hybridized carbons (Fsp3) is 0.615. The second-order valence-corrected chi connectivity index (χ2v) is 5.71. The molecular formula is C13H22IN3S. The molecule has 5 heteroatoms.